The van der Waals surface area contributed by atoms with Crippen molar-refractivity contribution in [2.24, 2.45) is 5.92 Å². The van der Waals surface area contributed by atoms with E-state index in [0.717, 1.165) is 22.8 Å². The van der Waals surface area contributed by atoms with E-state index in [1.807, 2.05) is 13.1 Å². The molecule has 0 aromatic carbocycles. The summed E-state index contributed by atoms with van der Waals surface area (Å²) in [5, 5.41) is 3.36. The zero-order valence-corrected chi connectivity index (χ0v) is 12.0. The average Bonchev–Trinajstić information content (AvgIpc) is 2.20. The molecule has 1 N–H and O–H groups in total. The van der Waals surface area contributed by atoms with Crippen molar-refractivity contribution in [3.05, 3.63) is 22.3 Å². The van der Waals surface area contributed by atoms with Crippen LogP contribution in [-0.2, 0) is 0 Å². The zero-order valence-electron chi connectivity index (χ0n) is 10.4. The number of nitrogens with one attached hydrogen (secondary N) is 1. The molecule has 0 unspecified atom stereocenters. The van der Waals surface area contributed by atoms with Crippen LogP contribution in [0.3, 0.4) is 0 Å². The Morgan fingerprint density at radius 2 is 2.12 bits per heavy atom. The van der Waals surface area contributed by atoms with Gasteiger partial charge in [0.15, 0.2) is 0 Å². The molecular weight excluding hydrogens is 264 g/mol. The first-order valence-corrected chi connectivity index (χ1v) is 6.75. The number of hydrogen-bond donors (Lipinski definition) is 1. The van der Waals surface area contributed by atoms with Crippen LogP contribution in [0.4, 0.5) is 5.82 Å². The van der Waals surface area contributed by atoms with Crippen LogP contribution in [-0.4, -0.2) is 11.5 Å². The fourth-order valence-electron chi connectivity index (χ4n) is 1.55. The Hall–Kier alpha value is -0.570. The number of aromatic nitrogens is 1. The first-order valence-electron chi connectivity index (χ1n) is 5.95. The molecule has 1 aromatic rings. The quantitative estimate of drug-likeness (QED) is 0.784. The van der Waals surface area contributed by atoms with Gasteiger partial charge in [-0.15, -0.1) is 0 Å². The van der Waals surface area contributed by atoms with Crippen molar-refractivity contribution >= 4 is 21.7 Å². The summed E-state index contributed by atoms with van der Waals surface area (Å²) in [7, 11) is 0. The van der Waals surface area contributed by atoms with Crippen LogP contribution in [0.25, 0.3) is 0 Å². The molecule has 3 heteroatoms. The van der Waals surface area contributed by atoms with E-state index in [0.29, 0.717) is 0 Å². The topological polar surface area (TPSA) is 24.9 Å². The molecular formula is C13H21BrN2. The zero-order chi connectivity index (χ0) is 12.0. The van der Waals surface area contributed by atoms with E-state index in [9.17, 15) is 0 Å². The highest BCUT2D eigenvalue weighted by molar-refractivity contribution is 9.10. The summed E-state index contributed by atoms with van der Waals surface area (Å²) in [4.78, 5) is 4.35. The van der Waals surface area contributed by atoms with E-state index < -0.39 is 0 Å². The fraction of sp³-hybridized carbons (Fsp3) is 0.615. The van der Waals surface area contributed by atoms with Crippen molar-refractivity contribution in [1.29, 1.82) is 0 Å². The lowest BCUT2D eigenvalue weighted by atomic mass is 10.1. The number of anilines is 1. The molecule has 90 valence electrons. The van der Waals surface area contributed by atoms with Gasteiger partial charge < -0.3 is 5.32 Å². The molecule has 0 bridgehead atoms. The lowest BCUT2D eigenvalue weighted by molar-refractivity contribution is 0.544. The van der Waals surface area contributed by atoms with Gasteiger partial charge in [0.1, 0.15) is 5.82 Å². The highest BCUT2D eigenvalue weighted by atomic mass is 79.9. The number of aryl methyl sites for hydroxylation is 1. The van der Waals surface area contributed by atoms with Crippen molar-refractivity contribution in [2.45, 2.75) is 40.0 Å². The Morgan fingerprint density at radius 3 is 2.75 bits per heavy atom. The summed E-state index contributed by atoms with van der Waals surface area (Å²) in [5.74, 6) is 1.76. The molecule has 0 radical (unpaired) electrons. The summed E-state index contributed by atoms with van der Waals surface area (Å²) in [6.45, 7) is 7.59. The predicted octanol–water partition coefficient (Wildman–Crippen LogP) is 4.39. The van der Waals surface area contributed by atoms with E-state index in [1.54, 1.807) is 0 Å². The molecule has 0 saturated heterocycles. The van der Waals surface area contributed by atoms with Crippen molar-refractivity contribution < 1.29 is 0 Å². The third kappa shape index (κ3) is 4.97. The van der Waals surface area contributed by atoms with Crippen LogP contribution >= 0.6 is 15.9 Å². The van der Waals surface area contributed by atoms with Gasteiger partial charge in [-0.05, 0) is 46.8 Å². The molecule has 0 aliphatic heterocycles. The Bertz CT molecular complexity index is 324. The molecule has 0 aliphatic rings. The number of nitrogens with zero attached hydrogens (tertiary/aromatic N) is 1. The number of halogens is 1. The predicted molar refractivity (Wildman–Crippen MR) is 73.9 cm³/mol. The van der Waals surface area contributed by atoms with Crippen molar-refractivity contribution in [3.63, 3.8) is 0 Å². The number of hydrogen-bond acceptors (Lipinski definition) is 2. The second-order valence-electron chi connectivity index (χ2n) is 4.66. The number of unbranched alkanes of at least 4 members (excludes halogenated alkanes) is 1. The van der Waals surface area contributed by atoms with Crippen LogP contribution in [0.1, 0.15) is 38.7 Å². The van der Waals surface area contributed by atoms with E-state index in [-0.39, 0.29) is 0 Å². The van der Waals surface area contributed by atoms with Gasteiger partial charge in [0.25, 0.3) is 0 Å². The maximum atomic E-state index is 4.35. The van der Waals surface area contributed by atoms with Gasteiger partial charge in [-0.25, -0.2) is 4.98 Å². The van der Waals surface area contributed by atoms with Crippen molar-refractivity contribution in [2.75, 3.05) is 11.9 Å². The molecule has 1 aromatic heterocycles. The minimum Gasteiger partial charge on any atom is -0.369 e. The SMILES string of the molecule is Cc1cnc(NCCCCC(C)C)c(Br)c1. The fourth-order valence-corrected chi connectivity index (χ4v) is 2.15. The molecule has 1 heterocycles. The summed E-state index contributed by atoms with van der Waals surface area (Å²) in [5.41, 5.74) is 1.18. The normalized spacial score (nSPS) is 10.8. The van der Waals surface area contributed by atoms with Crippen molar-refractivity contribution in [1.82, 2.24) is 4.98 Å². The van der Waals surface area contributed by atoms with Gasteiger partial charge in [0.2, 0.25) is 0 Å². The van der Waals surface area contributed by atoms with Gasteiger partial charge in [-0.2, -0.15) is 0 Å². The molecule has 0 atom stereocenters. The largest absolute Gasteiger partial charge is 0.369 e. The molecule has 0 fully saturated rings. The number of pyridine rings is 1. The Labute approximate surface area is 107 Å². The van der Waals surface area contributed by atoms with E-state index in [2.05, 4.69) is 46.1 Å². The van der Waals surface area contributed by atoms with Gasteiger partial charge in [0.05, 0.1) is 4.47 Å². The average molecular weight is 285 g/mol. The summed E-state index contributed by atoms with van der Waals surface area (Å²) < 4.78 is 1.05. The third-order valence-electron chi connectivity index (χ3n) is 2.48. The maximum Gasteiger partial charge on any atom is 0.140 e. The van der Waals surface area contributed by atoms with Crippen molar-refractivity contribution in [3.8, 4) is 0 Å². The van der Waals surface area contributed by atoms with Crippen LogP contribution in [0.5, 0.6) is 0 Å². The highest BCUT2D eigenvalue weighted by Crippen LogP contribution is 2.20. The Morgan fingerprint density at radius 1 is 1.38 bits per heavy atom. The van der Waals surface area contributed by atoms with E-state index in [1.165, 1.54) is 24.8 Å². The summed E-state index contributed by atoms with van der Waals surface area (Å²) in [6, 6.07) is 2.09. The second-order valence-corrected chi connectivity index (χ2v) is 5.51. The minimum absolute atomic E-state index is 0.809. The van der Waals surface area contributed by atoms with Gasteiger partial charge in [-0.1, -0.05) is 26.7 Å². The maximum absolute atomic E-state index is 4.35. The van der Waals surface area contributed by atoms with Gasteiger partial charge in [0, 0.05) is 12.7 Å². The highest BCUT2D eigenvalue weighted by Gasteiger charge is 2.00. The van der Waals surface area contributed by atoms with E-state index >= 15 is 0 Å². The molecule has 0 amide bonds. The van der Waals surface area contributed by atoms with Gasteiger partial charge in [-0.3, -0.25) is 0 Å². The molecule has 1 rings (SSSR count). The smallest absolute Gasteiger partial charge is 0.140 e. The molecule has 2 nitrogen and oxygen atoms in total. The van der Waals surface area contributed by atoms with Crippen LogP contribution in [0, 0.1) is 12.8 Å². The summed E-state index contributed by atoms with van der Waals surface area (Å²) in [6.07, 6.45) is 5.69. The Kier molecular flexibility index (Phi) is 5.81. The molecule has 16 heavy (non-hydrogen) atoms. The first-order chi connectivity index (χ1) is 7.59. The molecule has 0 saturated carbocycles. The lowest BCUT2D eigenvalue weighted by Gasteiger charge is -2.08. The molecule has 0 spiro atoms. The summed E-state index contributed by atoms with van der Waals surface area (Å²) >= 11 is 3.51. The van der Waals surface area contributed by atoms with E-state index in [4.69, 9.17) is 0 Å². The lowest BCUT2D eigenvalue weighted by Crippen LogP contribution is -2.04. The second kappa shape index (κ2) is 6.89. The van der Waals surface area contributed by atoms with Crippen LogP contribution < -0.4 is 5.32 Å². The standard InChI is InChI=1S/C13H21BrN2/c1-10(2)6-4-5-7-15-13-12(14)8-11(3)9-16-13/h8-10H,4-7H2,1-3H3,(H,15,16). The minimum atomic E-state index is 0.809. The van der Waals surface area contributed by atoms with Crippen LogP contribution in [0.15, 0.2) is 16.7 Å². The van der Waals surface area contributed by atoms with Gasteiger partial charge >= 0.3 is 0 Å². The first kappa shape index (κ1) is 13.5. The third-order valence-corrected chi connectivity index (χ3v) is 3.08. The Balaban J connectivity index is 2.27. The van der Waals surface area contributed by atoms with Crippen LogP contribution in [0.2, 0.25) is 0 Å². The number of rotatable bonds is 6. The monoisotopic (exact) mass is 284 g/mol. The molecule has 0 aliphatic carbocycles.